The summed E-state index contributed by atoms with van der Waals surface area (Å²) >= 11 is 1.57. The Balaban J connectivity index is 1.53. The van der Waals surface area contributed by atoms with Crippen molar-refractivity contribution in [1.82, 2.24) is 24.5 Å². The number of hydrogen-bond acceptors (Lipinski definition) is 7. The number of aromatic nitrogens is 5. The van der Waals surface area contributed by atoms with Gasteiger partial charge in [0.05, 0.1) is 11.4 Å². The minimum atomic E-state index is 0.594. The summed E-state index contributed by atoms with van der Waals surface area (Å²) in [6.45, 7) is 10.3. The van der Waals surface area contributed by atoms with E-state index in [9.17, 15) is 0 Å². The topological polar surface area (TPSA) is 71.8 Å². The molecule has 0 atom stereocenters. The van der Waals surface area contributed by atoms with Gasteiger partial charge in [0.25, 0.3) is 0 Å². The van der Waals surface area contributed by atoms with Crippen LogP contribution in [0.4, 0.5) is 16.5 Å². The van der Waals surface area contributed by atoms with Gasteiger partial charge in [-0.05, 0) is 45.4 Å². The summed E-state index contributed by atoms with van der Waals surface area (Å²) in [7, 11) is 0. The second-order valence-electron chi connectivity index (χ2n) is 7.03. The highest BCUT2D eigenvalue weighted by molar-refractivity contribution is 7.14. The monoisotopic (exact) mass is 419 g/mol. The maximum Gasteiger partial charge on any atom is 0.234 e. The fraction of sp³-hybridized carbons (Fsp3) is 0.273. The molecule has 0 unspecified atom stereocenters. The van der Waals surface area contributed by atoms with Gasteiger partial charge in [0.15, 0.2) is 5.13 Å². The molecule has 0 saturated carbocycles. The smallest absolute Gasteiger partial charge is 0.234 e. The number of nitrogens with zero attached hydrogens (tertiary/aromatic N) is 6. The van der Waals surface area contributed by atoms with E-state index in [1.807, 2.05) is 18.5 Å². The molecule has 4 aromatic rings. The van der Waals surface area contributed by atoms with E-state index in [2.05, 4.69) is 64.1 Å². The Labute approximate surface area is 180 Å². The van der Waals surface area contributed by atoms with E-state index in [-0.39, 0.29) is 0 Å². The third kappa shape index (κ3) is 4.18. The first kappa shape index (κ1) is 20.0. The largest absolute Gasteiger partial charge is 0.372 e. The number of aryl methyl sites for hydroxylation is 2. The average Bonchev–Trinajstić information content (AvgIpc) is 3.40. The van der Waals surface area contributed by atoms with Crippen molar-refractivity contribution in [3.63, 3.8) is 0 Å². The molecule has 1 aromatic carbocycles. The van der Waals surface area contributed by atoms with Gasteiger partial charge >= 0.3 is 0 Å². The van der Waals surface area contributed by atoms with Crippen LogP contribution in [0.25, 0.3) is 17.2 Å². The Kier molecular flexibility index (Phi) is 5.76. The highest BCUT2D eigenvalue weighted by Gasteiger charge is 2.10. The van der Waals surface area contributed by atoms with Crippen LogP contribution in [0.1, 0.15) is 25.1 Å². The molecule has 3 heterocycles. The highest BCUT2D eigenvalue weighted by Crippen LogP contribution is 2.30. The summed E-state index contributed by atoms with van der Waals surface area (Å²) in [5.74, 6) is 0.594. The van der Waals surface area contributed by atoms with Gasteiger partial charge in [0.2, 0.25) is 5.95 Å². The van der Waals surface area contributed by atoms with Gasteiger partial charge in [0.1, 0.15) is 6.33 Å². The molecule has 8 heteroatoms. The molecule has 0 saturated heterocycles. The molecule has 154 valence electrons. The van der Waals surface area contributed by atoms with Crippen molar-refractivity contribution in [2.45, 2.75) is 27.7 Å². The van der Waals surface area contributed by atoms with E-state index in [1.54, 1.807) is 34.6 Å². The molecule has 0 amide bonds. The van der Waals surface area contributed by atoms with E-state index in [0.29, 0.717) is 5.95 Å². The molecule has 0 aliphatic rings. The molecule has 0 aliphatic heterocycles. The average molecular weight is 420 g/mol. The van der Waals surface area contributed by atoms with Crippen molar-refractivity contribution in [2.24, 2.45) is 0 Å². The van der Waals surface area contributed by atoms with Crippen molar-refractivity contribution in [3.05, 3.63) is 59.8 Å². The SMILES string of the molecule is CCN(CC)c1ccc(C)c(Nc2nc(-c3cnc(-n4cnc(C)c4)nc3)cs2)c1. The first-order chi connectivity index (χ1) is 14.6. The van der Waals surface area contributed by atoms with Gasteiger partial charge in [0, 0.05) is 54.0 Å². The van der Waals surface area contributed by atoms with Crippen LogP contribution in [0.15, 0.2) is 48.5 Å². The second kappa shape index (κ2) is 8.62. The zero-order valence-corrected chi connectivity index (χ0v) is 18.4. The number of thiazole rings is 1. The van der Waals surface area contributed by atoms with Gasteiger partial charge in [-0.3, -0.25) is 4.57 Å². The molecular weight excluding hydrogens is 394 g/mol. The van der Waals surface area contributed by atoms with Crippen LogP contribution in [0.3, 0.4) is 0 Å². The summed E-state index contributed by atoms with van der Waals surface area (Å²) < 4.78 is 1.80. The lowest BCUT2D eigenvalue weighted by molar-refractivity contribution is 0.866. The van der Waals surface area contributed by atoms with Crippen molar-refractivity contribution in [1.29, 1.82) is 0 Å². The van der Waals surface area contributed by atoms with E-state index in [1.165, 1.54) is 11.3 Å². The second-order valence-corrected chi connectivity index (χ2v) is 7.89. The number of hydrogen-bond donors (Lipinski definition) is 1. The third-order valence-electron chi connectivity index (χ3n) is 4.97. The van der Waals surface area contributed by atoms with Gasteiger partial charge in [-0.2, -0.15) is 0 Å². The number of nitrogens with one attached hydrogen (secondary N) is 1. The fourth-order valence-corrected chi connectivity index (χ4v) is 3.96. The van der Waals surface area contributed by atoms with E-state index in [4.69, 9.17) is 4.98 Å². The molecule has 1 N–H and O–H groups in total. The van der Waals surface area contributed by atoms with Crippen LogP contribution < -0.4 is 10.2 Å². The van der Waals surface area contributed by atoms with Crippen molar-refractivity contribution in [3.8, 4) is 17.2 Å². The number of anilines is 3. The quantitative estimate of drug-likeness (QED) is 0.455. The lowest BCUT2D eigenvalue weighted by atomic mass is 10.1. The van der Waals surface area contributed by atoms with Crippen LogP contribution >= 0.6 is 11.3 Å². The maximum absolute atomic E-state index is 4.73. The Morgan fingerprint density at radius 2 is 1.83 bits per heavy atom. The molecular formula is C22H25N7S. The first-order valence-electron chi connectivity index (χ1n) is 9.99. The predicted octanol–water partition coefficient (Wildman–Crippen LogP) is 4.99. The third-order valence-corrected chi connectivity index (χ3v) is 5.73. The normalized spacial score (nSPS) is 10.9. The van der Waals surface area contributed by atoms with Gasteiger partial charge < -0.3 is 10.2 Å². The van der Waals surface area contributed by atoms with Crippen molar-refractivity contribution < 1.29 is 0 Å². The minimum Gasteiger partial charge on any atom is -0.372 e. The van der Waals surface area contributed by atoms with E-state index in [0.717, 1.165) is 40.9 Å². The number of benzene rings is 1. The van der Waals surface area contributed by atoms with Crippen LogP contribution in [0, 0.1) is 13.8 Å². The maximum atomic E-state index is 4.73. The Bertz CT molecular complexity index is 1130. The van der Waals surface area contributed by atoms with Crippen LogP contribution in [-0.2, 0) is 0 Å². The Morgan fingerprint density at radius 3 is 2.50 bits per heavy atom. The predicted molar refractivity (Wildman–Crippen MR) is 123 cm³/mol. The molecule has 4 rings (SSSR count). The van der Waals surface area contributed by atoms with Crippen molar-refractivity contribution >= 4 is 27.8 Å². The molecule has 30 heavy (non-hydrogen) atoms. The summed E-state index contributed by atoms with van der Waals surface area (Å²) in [6, 6.07) is 6.50. The first-order valence-corrected chi connectivity index (χ1v) is 10.9. The summed E-state index contributed by atoms with van der Waals surface area (Å²) in [6.07, 6.45) is 7.20. The zero-order valence-electron chi connectivity index (χ0n) is 17.6. The number of imidazole rings is 1. The van der Waals surface area contributed by atoms with E-state index >= 15 is 0 Å². The minimum absolute atomic E-state index is 0.594. The standard InChI is InChI=1S/C22H25N7S/c1-5-28(6-2)18-8-7-15(3)19(9-18)26-22-27-20(13-30-22)17-10-23-21(24-11-17)29-12-16(4)25-14-29/h7-14H,5-6H2,1-4H3,(H,26,27). The Hall–Kier alpha value is -3.26. The highest BCUT2D eigenvalue weighted by atomic mass is 32.1. The molecule has 0 spiro atoms. The molecule has 0 bridgehead atoms. The fourth-order valence-electron chi connectivity index (χ4n) is 3.23. The molecule has 7 nitrogen and oxygen atoms in total. The zero-order chi connectivity index (χ0) is 21.1. The van der Waals surface area contributed by atoms with Gasteiger partial charge in [-0.15, -0.1) is 11.3 Å². The van der Waals surface area contributed by atoms with Gasteiger partial charge in [-0.1, -0.05) is 6.07 Å². The summed E-state index contributed by atoms with van der Waals surface area (Å²) in [5.41, 5.74) is 6.14. The van der Waals surface area contributed by atoms with Gasteiger partial charge in [-0.25, -0.2) is 19.9 Å². The van der Waals surface area contributed by atoms with Crippen LogP contribution in [0.5, 0.6) is 0 Å². The number of rotatable bonds is 7. The van der Waals surface area contributed by atoms with Crippen LogP contribution in [0.2, 0.25) is 0 Å². The van der Waals surface area contributed by atoms with Crippen LogP contribution in [-0.4, -0.2) is 37.6 Å². The summed E-state index contributed by atoms with van der Waals surface area (Å²) in [5, 5.41) is 6.34. The van der Waals surface area contributed by atoms with Crippen molar-refractivity contribution in [2.75, 3.05) is 23.3 Å². The molecule has 0 aliphatic carbocycles. The molecule has 3 aromatic heterocycles. The lowest BCUT2D eigenvalue weighted by Gasteiger charge is -2.22. The Morgan fingerprint density at radius 1 is 1.07 bits per heavy atom. The lowest BCUT2D eigenvalue weighted by Crippen LogP contribution is -2.21. The molecule has 0 radical (unpaired) electrons. The molecule has 0 fully saturated rings. The summed E-state index contributed by atoms with van der Waals surface area (Å²) in [4.78, 5) is 20.2. The van der Waals surface area contributed by atoms with E-state index < -0.39 is 0 Å².